The van der Waals surface area contributed by atoms with E-state index in [1.807, 2.05) is 36.4 Å². The third kappa shape index (κ3) is 4.42. The van der Waals surface area contributed by atoms with Gasteiger partial charge in [0.25, 0.3) is 0 Å². The van der Waals surface area contributed by atoms with Gasteiger partial charge >= 0.3 is 0 Å². The highest BCUT2D eigenvalue weighted by Crippen LogP contribution is 2.25. The molecule has 132 valence electrons. The maximum atomic E-state index is 13.2. The summed E-state index contributed by atoms with van der Waals surface area (Å²) in [5.74, 6) is -0.181. The molecule has 4 nitrogen and oxygen atoms in total. The zero-order chi connectivity index (χ0) is 17.6. The lowest BCUT2D eigenvalue weighted by Crippen LogP contribution is -2.47. The van der Waals surface area contributed by atoms with Crippen molar-refractivity contribution < 1.29 is 9.18 Å². The van der Waals surface area contributed by atoms with Crippen LogP contribution in [0.5, 0.6) is 0 Å². The van der Waals surface area contributed by atoms with Gasteiger partial charge in [0.05, 0.1) is 0 Å². The number of rotatable bonds is 5. The number of carbonyl (C=O) groups is 1. The molecule has 0 N–H and O–H groups in total. The van der Waals surface area contributed by atoms with Crippen LogP contribution in [-0.4, -0.2) is 34.9 Å². The number of hydrogen-bond donors (Lipinski definition) is 0. The Morgan fingerprint density at radius 3 is 2.40 bits per heavy atom. The highest BCUT2D eigenvalue weighted by atomic mass is 19.1. The van der Waals surface area contributed by atoms with E-state index in [4.69, 9.17) is 0 Å². The topological polar surface area (TPSA) is 36.4 Å². The number of hydrogen-bond acceptors (Lipinski definition) is 3. The van der Waals surface area contributed by atoms with Crippen LogP contribution in [-0.2, 0) is 11.3 Å². The Labute approximate surface area is 148 Å². The lowest BCUT2D eigenvalue weighted by Gasteiger charge is -2.38. The van der Waals surface area contributed by atoms with Crippen molar-refractivity contribution in [1.82, 2.24) is 9.88 Å². The van der Waals surface area contributed by atoms with Gasteiger partial charge in [-0.15, -0.1) is 0 Å². The molecule has 1 aliphatic rings. The van der Waals surface area contributed by atoms with Crippen molar-refractivity contribution >= 4 is 11.6 Å². The largest absolute Gasteiger partial charge is 0.309 e. The van der Waals surface area contributed by atoms with Gasteiger partial charge in [-0.3, -0.25) is 14.7 Å². The highest BCUT2D eigenvalue weighted by Gasteiger charge is 2.28. The molecule has 1 aromatic heterocycles. The Morgan fingerprint density at radius 1 is 1.16 bits per heavy atom. The zero-order valence-electron chi connectivity index (χ0n) is 14.6. The summed E-state index contributed by atoms with van der Waals surface area (Å²) >= 11 is 0. The van der Waals surface area contributed by atoms with E-state index in [1.54, 1.807) is 12.1 Å². The molecule has 3 rings (SSSR count). The number of pyridine rings is 1. The number of aromatic nitrogens is 1. The Balaban J connectivity index is 1.66. The molecule has 0 unspecified atom stereocenters. The van der Waals surface area contributed by atoms with Gasteiger partial charge in [0, 0.05) is 50.2 Å². The normalized spacial score (nSPS) is 15.9. The number of amides is 1. The predicted octanol–water partition coefficient (Wildman–Crippen LogP) is 3.63. The molecule has 1 saturated heterocycles. The van der Waals surface area contributed by atoms with Crippen molar-refractivity contribution in [2.75, 3.05) is 18.0 Å². The van der Waals surface area contributed by atoms with Crippen LogP contribution in [0.25, 0.3) is 0 Å². The molecular formula is C20H24FN3O. The van der Waals surface area contributed by atoms with Gasteiger partial charge in [0.15, 0.2) is 0 Å². The first-order valence-corrected chi connectivity index (χ1v) is 8.86. The maximum absolute atomic E-state index is 13.2. The molecule has 0 saturated carbocycles. The molecule has 0 spiro atoms. The molecule has 0 atom stereocenters. The van der Waals surface area contributed by atoms with Crippen LogP contribution >= 0.6 is 0 Å². The van der Waals surface area contributed by atoms with Crippen molar-refractivity contribution in [2.45, 2.75) is 38.8 Å². The molecule has 1 aromatic carbocycles. The van der Waals surface area contributed by atoms with E-state index in [9.17, 15) is 9.18 Å². The van der Waals surface area contributed by atoms with Crippen molar-refractivity contribution in [1.29, 1.82) is 0 Å². The Bertz CT molecular complexity index is 682. The fourth-order valence-corrected chi connectivity index (χ4v) is 3.41. The van der Waals surface area contributed by atoms with Gasteiger partial charge in [0.1, 0.15) is 5.82 Å². The molecule has 25 heavy (non-hydrogen) atoms. The Morgan fingerprint density at radius 2 is 1.80 bits per heavy atom. The number of halogens is 1. The summed E-state index contributed by atoms with van der Waals surface area (Å²) in [5.41, 5.74) is 2.05. The number of nitrogens with zero attached hydrogens (tertiary/aromatic N) is 3. The van der Waals surface area contributed by atoms with E-state index in [-0.39, 0.29) is 17.8 Å². The summed E-state index contributed by atoms with van der Waals surface area (Å²) in [6, 6.07) is 10.5. The van der Waals surface area contributed by atoms with Crippen LogP contribution < -0.4 is 4.90 Å². The Hall–Kier alpha value is -2.27. The second kappa shape index (κ2) is 8.21. The molecular weight excluding hydrogens is 317 g/mol. The number of likely N-dealkylation sites (tertiary alicyclic amines) is 1. The molecule has 2 aromatic rings. The van der Waals surface area contributed by atoms with Crippen LogP contribution in [0.1, 0.15) is 31.7 Å². The first kappa shape index (κ1) is 17.5. The molecule has 2 heterocycles. The minimum atomic E-state index is -0.278. The van der Waals surface area contributed by atoms with Crippen molar-refractivity contribution in [3.05, 3.63) is 60.2 Å². The van der Waals surface area contributed by atoms with E-state index in [0.717, 1.165) is 38.2 Å². The number of piperidine rings is 1. The smallest absolute Gasteiger partial charge is 0.226 e. The number of anilines is 1. The van der Waals surface area contributed by atoms with Crippen LogP contribution in [0.2, 0.25) is 0 Å². The third-order valence-corrected chi connectivity index (χ3v) is 4.75. The summed E-state index contributed by atoms with van der Waals surface area (Å²) in [6.45, 7) is 4.67. The molecule has 1 amide bonds. The third-order valence-electron chi connectivity index (χ3n) is 4.75. The highest BCUT2D eigenvalue weighted by molar-refractivity contribution is 5.93. The summed E-state index contributed by atoms with van der Waals surface area (Å²) < 4.78 is 13.2. The van der Waals surface area contributed by atoms with Gasteiger partial charge < -0.3 is 4.90 Å². The first-order valence-electron chi connectivity index (χ1n) is 8.86. The second-order valence-electron chi connectivity index (χ2n) is 6.46. The van der Waals surface area contributed by atoms with E-state index < -0.39 is 0 Å². The summed E-state index contributed by atoms with van der Waals surface area (Å²) in [5, 5.41) is 0. The SMILES string of the molecule is CCC(=O)N(c1ccc(F)cc1)C1CCN(Cc2ccncc2)CC1. The standard InChI is InChI=1S/C20H24FN3O/c1-2-20(25)24(18-5-3-17(21)4-6-18)19-9-13-23(14-10-19)15-16-7-11-22-12-8-16/h3-8,11-12,19H,2,9-10,13-15H2,1H3. The molecule has 0 bridgehead atoms. The van der Waals surface area contributed by atoms with E-state index in [0.29, 0.717) is 6.42 Å². The van der Waals surface area contributed by atoms with E-state index in [2.05, 4.69) is 9.88 Å². The average Bonchev–Trinajstić information content (AvgIpc) is 2.65. The Kier molecular flexibility index (Phi) is 5.76. The molecule has 1 aliphatic heterocycles. The summed E-state index contributed by atoms with van der Waals surface area (Å²) in [4.78, 5) is 20.8. The monoisotopic (exact) mass is 341 g/mol. The molecule has 0 radical (unpaired) electrons. The molecule has 5 heteroatoms. The first-order chi connectivity index (χ1) is 12.2. The van der Waals surface area contributed by atoms with Crippen LogP contribution in [0, 0.1) is 5.82 Å². The van der Waals surface area contributed by atoms with Crippen LogP contribution in [0.4, 0.5) is 10.1 Å². The molecule has 0 aliphatic carbocycles. The van der Waals surface area contributed by atoms with Crippen molar-refractivity contribution in [3.8, 4) is 0 Å². The summed E-state index contributed by atoms with van der Waals surface area (Å²) in [7, 11) is 0. The number of benzene rings is 1. The summed E-state index contributed by atoms with van der Waals surface area (Å²) in [6.07, 6.45) is 5.94. The molecule has 1 fully saturated rings. The van der Waals surface area contributed by atoms with Crippen molar-refractivity contribution in [3.63, 3.8) is 0 Å². The van der Waals surface area contributed by atoms with Gasteiger partial charge in [-0.05, 0) is 54.8 Å². The predicted molar refractivity (Wildman–Crippen MR) is 96.7 cm³/mol. The zero-order valence-corrected chi connectivity index (χ0v) is 14.6. The fourth-order valence-electron chi connectivity index (χ4n) is 3.41. The van der Waals surface area contributed by atoms with Gasteiger partial charge in [-0.2, -0.15) is 0 Å². The van der Waals surface area contributed by atoms with E-state index >= 15 is 0 Å². The minimum absolute atomic E-state index is 0.0965. The lowest BCUT2D eigenvalue weighted by atomic mass is 10.0. The van der Waals surface area contributed by atoms with E-state index in [1.165, 1.54) is 17.7 Å². The maximum Gasteiger partial charge on any atom is 0.226 e. The quantitative estimate of drug-likeness (QED) is 0.833. The van der Waals surface area contributed by atoms with Gasteiger partial charge in [0.2, 0.25) is 5.91 Å². The number of carbonyl (C=O) groups excluding carboxylic acids is 1. The van der Waals surface area contributed by atoms with Crippen LogP contribution in [0.15, 0.2) is 48.8 Å². The van der Waals surface area contributed by atoms with Crippen molar-refractivity contribution in [2.24, 2.45) is 0 Å². The average molecular weight is 341 g/mol. The lowest BCUT2D eigenvalue weighted by molar-refractivity contribution is -0.119. The minimum Gasteiger partial charge on any atom is -0.309 e. The fraction of sp³-hybridized carbons (Fsp3) is 0.400. The van der Waals surface area contributed by atoms with Gasteiger partial charge in [-0.1, -0.05) is 6.92 Å². The van der Waals surface area contributed by atoms with Gasteiger partial charge in [-0.25, -0.2) is 4.39 Å². The van der Waals surface area contributed by atoms with Crippen LogP contribution in [0.3, 0.4) is 0 Å². The second-order valence-corrected chi connectivity index (χ2v) is 6.46.